The lowest BCUT2D eigenvalue weighted by Gasteiger charge is -2.16. The number of furan rings is 1. The summed E-state index contributed by atoms with van der Waals surface area (Å²) in [5, 5.41) is 0. The molecule has 0 aliphatic heterocycles. The molecule has 0 spiro atoms. The zero-order chi connectivity index (χ0) is 18.2. The Balaban J connectivity index is 1.81. The van der Waals surface area contributed by atoms with E-state index in [0.29, 0.717) is 5.76 Å². The Kier molecular flexibility index (Phi) is 4.66. The van der Waals surface area contributed by atoms with Crippen molar-refractivity contribution in [3.05, 3.63) is 53.2 Å². The molecule has 1 saturated carbocycles. The molecule has 1 aromatic carbocycles. The highest BCUT2D eigenvalue weighted by Crippen LogP contribution is 2.24. The van der Waals surface area contributed by atoms with Crippen molar-refractivity contribution in [3.8, 4) is 0 Å². The molecule has 1 N–H and O–H groups in total. The monoisotopic (exact) mass is 366 g/mol. The molecular weight excluding hydrogens is 347 g/mol. The Bertz CT molecular complexity index is 903. The molecule has 0 atom stereocenters. The van der Waals surface area contributed by atoms with Crippen LogP contribution < -0.4 is 4.72 Å². The summed E-state index contributed by atoms with van der Waals surface area (Å²) in [5.74, 6) is 0.0433. The Labute approximate surface area is 145 Å². The van der Waals surface area contributed by atoms with Crippen molar-refractivity contribution in [2.75, 3.05) is 7.05 Å². The molecule has 1 aliphatic carbocycles. The van der Waals surface area contributed by atoms with Crippen molar-refractivity contribution in [2.24, 2.45) is 0 Å². The van der Waals surface area contributed by atoms with Gasteiger partial charge in [0, 0.05) is 18.7 Å². The first-order chi connectivity index (χ1) is 11.8. The number of amides is 1. The lowest BCUT2D eigenvalue weighted by atomic mass is 10.2. The van der Waals surface area contributed by atoms with Crippen molar-refractivity contribution >= 4 is 15.9 Å². The van der Waals surface area contributed by atoms with E-state index in [2.05, 4.69) is 4.72 Å². The van der Waals surface area contributed by atoms with Gasteiger partial charge in [-0.2, -0.15) is 0 Å². The van der Waals surface area contributed by atoms with Crippen LogP contribution in [0.15, 0.2) is 39.6 Å². The summed E-state index contributed by atoms with van der Waals surface area (Å²) in [5.41, 5.74) is 0.100. The number of aryl methyl sites for hydroxylation is 1. The molecule has 25 heavy (non-hydrogen) atoms. The normalized spacial score (nSPS) is 14.5. The zero-order valence-corrected chi connectivity index (χ0v) is 14.8. The molecular formula is C17H19FN2O4S. The summed E-state index contributed by atoms with van der Waals surface area (Å²) in [6.07, 6.45) is 1.48. The van der Waals surface area contributed by atoms with Gasteiger partial charge in [0.15, 0.2) is 0 Å². The highest BCUT2D eigenvalue weighted by Gasteiger charge is 2.30. The number of hydrogen-bond acceptors (Lipinski definition) is 4. The SMILES string of the molecule is Cc1ccc(CN(C)C(=O)c2ccc(F)c(S(=O)(=O)NC3CC3)c2)o1. The molecule has 3 rings (SSSR count). The van der Waals surface area contributed by atoms with Gasteiger partial charge in [0.25, 0.3) is 5.91 Å². The summed E-state index contributed by atoms with van der Waals surface area (Å²) in [7, 11) is -2.41. The standard InChI is InChI=1S/C17H19FN2O4S/c1-11-3-7-14(24-11)10-20(2)17(21)12-4-8-15(18)16(9-12)25(22,23)19-13-5-6-13/h3-4,7-9,13,19H,5-6,10H2,1-2H3. The summed E-state index contributed by atoms with van der Waals surface area (Å²) < 4.78 is 46.3. The van der Waals surface area contributed by atoms with Gasteiger partial charge in [0.05, 0.1) is 6.54 Å². The Morgan fingerprint density at radius 3 is 2.64 bits per heavy atom. The van der Waals surface area contributed by atoms with Gasteiger partial charge in [-0.3, -0.25) is 4.79 Å². The van der Waals surface area contributed by atoms with Crippen LogP contribution in [0, 0.1) is 12.7 Å². The summed E-state index contributed by atoms with van der Waals surface area (Å²) in [6.45, 7) is 2.03. The molecule has 1 aromatic heterocycles. The Morgan fingerprint density at radius 2 is 2.04 bits per heavy atom. The van der Waals surface area contributed by atoms with E-state index in [-0.39, 0.29) is 18.2 Å². The number of nitrogens with zero attached hydrogens (tertiary/aromatic N) is 1. The molecule has 1 fully saturated rings. The third kappa shape index (κ3) is 4.08. The number of halogens is 1. The van der Waals surface area contributed by atoms with Gasteiger partial charge in [-0.25, -0.2) is 17.5 Å². The summed E-state index contributed by atoms with van der Waals surface area (Å²) >= 11 is 0. The first-order valence-electron chi connectivity index (χ1n) is 7.89. The molecule has 0 unspecified atom stereocenters. The second-order valence-electron chi connectivity index (χ2n) is 6.21. The number of nitrogens with one attached hydrogen (secondary N) is 1. The van der Waals surface area contributed by atoms with Crippen LogP contribution in [-0.4, -0.2) is 32.3 Å². The molecule has 8 heteroatoms. The predicted molar refractivity (Wildman–Crippen MR) is 89.0 cm³/mol. The van der Waals surface area contributed by atoms with E-state index in [1.807, 2.05) is 0 Å². The Hall–Kier alpha value is -2.19. The van der Waals surface area contributed by atoms with E-state index >= 15 is 0 Å². The van der Waals surface area contributed by atoms with Crippen molar-refractivity contribution in [3.63, 3.8) is 0 Å². The molecule has 134 valence electrons. The number of rotatable bonds is 6. The smallest absolute Gasteiger partial charge is 0.254 e. The third-order valence-corrected chi connectivity index (χ3v) is 5.44. The fraction of sp³-hybridized carbons (Fsp3) is 0.353. The number of carbonyl (C=O) groups excluding carboxylic acids is 1. The van der Waals surface area contributed by atoms with Crippen LogP contribution in [0.3, 0.4) is 0 Å². The van der Waals surface area contributed by atoms with E-state index in [1.165, 1.54) is 11.0 Å². The van der Waals surface area contributed by atoms with Crippen LogP contribution >= 0.6 is 0 Å². The van der Waals surface area contributed by atoms with Gasteiger partial charge >= 0.3 is 0 Å². The van der Waals surface area contributed by atoms with Crippen molar-refractivity contribution < 1.29 is 22.0 Å². The molecule has 1 heterocycles. The van der Waals surface area contributed by atoms with Crippen LogP contribution in [0.4, 0.5) is 4.39 Å². The van der Waals surface area contributed by atoms with Gasteiger partial charge in [-0.1, -0.05) is 0 Å². The molecule has 1 amide bonds. The average molecular weight is 366 g/mol. The topological polar surface area (TPSA) is 79.6 Å². The lowest BCUT2D eigenvalue weighted by Crippen LogP contribution is -2.28. The first kappa shape index (κ1) is 17.6. The van der Waals surface area contributed by atoms with Gasteiger partial charge < -0.3 is 9.32 Å². The second-order valence-corrected chi connectivity index (χ2v) is 7.90. The molecule has 2 aromatic rings. The lowest BCUT2D eigenvalue weighted by molar-refractivity contribution is 0.0774. The van der Waals surface area contributed by atoms with Crippen LogP contribution in [0.5, 0.6) is 0 Å². The van der Waals surface area contributed by atoms with Crippen molar-refractivity contribution in [1.82, 2.24) is 9.62 Å². The molecule has 0 saturated heterocycles. The predicted octanol–water partition coefficient (Wildman–Crippen LogP) is 2.44. The zero-order valence-electron chi connectivity index (χ0n) is 14.0. The maximum Gasteiger partial charge on any atom is 0.254 e. The minimum Gasteiger partial charge on any atom is -0.464 e. The minimum absolute atomic E-state index is 0.100. The summed E-state index contributed by atoms with van der Waals surface area (Å²) in [6, 6.07) is 6.76. The fourth-order valence-corrected chi connectivity index (χ4v) is 3.83. The van der Waals surface area contributed by atoms with Crippen LogP contribution in [0.2, 0.25) is 0 Å². The quantitative estimate of drug-likeness (QED) is 0.852. The molecule has 0 bridgehead atoms. The van der Waals surface area contributed by atoms with Gasteiger partial charge in [-0.05, 0) is 50.1 Å². The summed E-state index contributed by atoms with van der Waals surface area (Å²) in [4.78, 5) is 13.4. The van der Waals surface area contributed by atoms with Crippen molar-refractivity contribution in [1.29, 1.82) is 0 Å². The molecule has 6 nitrogen and oxygen atoms in total. The minimum atomic E-state index is -3.98. The molecule has 0 radical (unpaired) electrons. The highest BCUT2D eigenvalue weighted by molar-refractivity contribution is 7.89. The fourth-order valence-electron chi connectivity index (χ4n) is 2.42. The van der Waals surface area contributed by atoms with E-state index in [9.17, 15) is 17.6 Å². The largest absolute Gasteiger partial charge is 0.464 e. The van der Waals surface area contributed by atoms with E-state index in [4.69, 9.17) is 4.42 Å². The Morgan fingerprint density at radius 1 is 1.32 bits per heavy atom. The first-order valence-corrected chi connectivity index (χ1v) is 9.37. The third-order valence-electron chi connectivity index (χ3n) is 3.90. The average Bonchev–Trinajstić information content (AvgIpc) is 3.26. The molecule has 1 aliphatic rings. The van der Waals surface area contributed by atoms with Gasteiger partial charge in [0.1, 0.15) is 22.2 Å². The van der Waals surface area contributed by atoms with E-state index < -0.39 is 26.6 Å². The number of hydrogen-bond donors (Lipinski definition) is 1. The maximum absolute atomic E-state index is 14.0. The second kappa shape index (κ2) is 6.61. The van der Waals surface area contributed by atoms with Gasteiger partial charge in [-0.15, -0.1) is 0 Å². The van der Waals surface area contributed by atoms with Crippen LogP contribution in [-0.2, 0) is 16.6 Å². The number of benzene rings is 1. The maximum atomic E-state index is 14.0. The van der Waals surface area contributed by atoms with Crippen molar-refractivity contribution in [2.45, 2.75) is 37.2 Å². The number of carbonyl (C=O) groups is 1. The number of sulfonamides is 1. The van der Waals surface area contributed by atoms with Crippen LogP contribution in [0.1, 0.15) is 34.7 Å². The van der Waals surface area contributed by atoms with E-state index in [1.54, 1.807) is 26.1 Å². The highest BCUT2D eigenvalue weighted by atomic mass is 32.2. The van der Waals surface area contributed by atoms with Gasteiger partial charge in [0.2, 0.25) is 10.0 Å². The van der Waals surface area contributed by atoms with Crippen LogP contribution in [0.25, 0.3) is 0 Å². The van der Waals surface area contributed by atoms with E-state index in [0.717, 1.165) is 30.7 Å².